The summed E-state index contributed by atoms with van der Waals surface area (Å²) in [6, 6.07) is 0. The molecular formula is C6H7ClN2OS2. The van der Waals surface area contributed by atoms with Gasteiger partial charge in [0.2, 0.25) is 5.91 Å². The van der Waals surface area contributed by atoms with Gasteiger partial charge >= 0.3 is 0 Å². The molecule has 0 radical (unpaired) electrons. The molecule has 0 aliphatic heterocycles. The molecule has 0 aromatic carbocycles. The zero-order valence-corrected chi connectivity index (χ0v) is 8.72. The number of nitrogens with zero attached hydrogens (tertiary/aromatic N) is 1. The number of thioether (sulfide) groups is 1. The van der Waals surface area contributed by atoms with E-state index in [1.54, 1.807) is 12.4 Å². The average molecular weight is 223 g/mol. The second kappa shape index (κ2) is 4.69. The molecule has 1 rings (SSSR count). The van der Waals surface area contributed by atoms with E-state index in [2.05, 4.69) is 10.3 Å². The summed E-state index contributed by atoms with van der Waals surface area (Å²) in [5, 5.41) is 4.76. The second-order valence-corrected chi connectivity index (χ2v) is 4.37. The van der Waals surface area contributed by atoms with E-state index in [1.807, 2.05) is 0 Å². The van der Waals surface area contributed by atoms with Crippen molar-refractivity contribution in [2.24, 2.45) is 0 Å². The van der Waals surface area contributed by atoms with Gasteiger partial charge in [0.1, 0.15) is 5.15 Å². The monoisotopic (exact) mass is 222 g/mol. The predicted octanol–water partition coefficient (Wildman–Crippen LogP) is 1.63. The highest BCUT2D eigenvalue weighted by molar-refractivity contribution is 8.01. The normalized spacial score (nSPS) is 9.83. The Bertz CT molecular complexity index is 276. The molecule has 0 aliphatic carbocycles. The molecule has 0 atom stereocenters. The van der Waals surface area contributed by atoms with Gasteiger partial charge in [0.25, 0.3) is 0 Å². The number of nitrogens with one attached hydrogen (secondary N) is 1. The number of amides is 1. The van der Waals surface area contributed by atoms with Crippen molar-refractivity contribution < 1.29 is 4.79 Å². The maximum atomic E-state index is 10.8. The highest BCUT2D eigenvalue weighted by Crippen LogP contribution is 2.24. The summed E-state index contributed by atoms with van der Waals surface area (Å²) in [5.41, 5.74) is 0. The van der Waals surface area contributed by atoms with Crippen molar-refractivity contribution in [1.29, 1.82) is 0 Å². The Labute approximate surface area is 83.5 Å². The van der Waals surface area contributed by atoms with Gasteiger partial charge in [0.05, 0.1) is 5.75 Å². The van der Waals surface area contributed by atoms with Crippen LogP contribution in [0.1, 0.15) is 0 Å². The van der Waals surface area contributed by atoms with E-state index in [9.17, 15) is 4.79 Å². The maximum absolute atomic E-state index is 10.8. The summed E-state index contributed by atoms with van der Waals surface area (Å²) in [6.45, 7) is 0. The SMILES string of the molecule is CNC(=O)CSc1nc(Cl)cs1. The topological polar surface area (TPSA) is 42.0 Å². The smallest absolute Gasteiger partial charge is 0.230 e. The molecule has 1 heterocycles. The molecule has 3 nitrogen and oxygen atoms in total. The molecule has 0 fully saturated rings. The lowest BCUT2D eigenvalue weighted by Gasteiger charge is -1.94. The third kappa shape index (κ3) is 3.00. The Morgan fingerprint density at radius 2 is 2.67 bits per heavy atom. The van der Waals surface area contributed by atoms with Gasteiger partial charge < -0.3 is 5.32 Å². The van der Waals surface area contributed by atoms with Crippen LogP contribution >= 0.6 is 34.7 Å². The van der Waals surface area contributed by atoms with Gasteiger partial charge in [-0.05, 0) is 0 Å². The van der Waals surface area contributed by atoms with Gasteiger partial charge in [-0.15, -0.1) is 11.3 Å². The lowest BCUT2D eigenvalue weighted by molar-refractivity contribution is -0.118. The Morgan fingerprint density at radius 3 is 3.17 bits per heavy atom. The summed E-state index contributed by atoms with van der Waals surface area (Å²) in [7, 11) is 1.61. The summed E-state index contributed by atoms with van der Waals surface area (Å²) < 4.78 is 0.823. The fourth-order valence-electron chi connectivity index (χ4n) is 0.505. The minimum absolute atomic E-state index is 0.00803. The molecule has 1 aromatic heterocycles. The van der Waals surface area contributed by atoms with Crippen molar-refractivity contribution >= 4 is 40.6 Å². The van der Waals surface area contributed by atoms with Crippen molar-refractivity contribution in [1.82, 2.24) is 10.3 Å². The third-order valence-electron chi connectivity index (χ3n) is 1.06. The third-order valence-corrected chi connectivity index (χ3v) is 3.40. The van der Waals surface area contributed by atoms with Crippen LogP contribution in [0.4, 0.5) is 0 Å². The predicted molar refractivity (Wildman–Crippen MR) is 51.9 cm³/mol. The first-order chi connectivity index (χ1) is 5.72. The van der Waals surface area contributed by atoms with Gasteiger partial charge in [-0.3, -0.25) is 4.79 Å². The number of rotatable bonds is 3. The van der Waals surface area contributed by atoms with Crippen molar-refractivity contribution in [3.05, 3.63) is 10.5 Å². The number of carbonyl (C=O) groups excluding carboxylic acids is 1. The van der Waals surface area contributed by atoms with Crippen molar-refractivity contribution in [3.8, 4) is 0 Å². The fourth-order valence-corrected chi connectivity index (χ4v) is 2.38. The molecule has 6 heteroatoms. The molecule has 1 aromatic rings. The van der Waals surface area contributed by atoms with E-state index in [0.717, 1.165) is 4.34 Å². The van der Waals surface area contributed by atoms with Crippen LogP contribution in [0.2, 0.25) is 5.15 Å². The molecule has 1 N–H and O–H groups in total. The quantitative estimate of drug-likeness (QED) is 0.791. The molecule has 0 bridgehead atoms. The Kier molecular flexibility index (Phi) is 3.84. The van der Waals surface area contributed by atoms with Crippen molar-refractivity contribution in [3.63, 3.8) is 0 Å². The number of carbonyl (C=O) groups is 1. The maximum Gasteiger partial charge on any atom is 0.230 e. The molecule has 0 saturated heterocycles. The fraction of sp³-hybridized carbons (Fsp3) is 0.333. The first-order valence-corrected chi connectivity index (χ1v) is 5.41. The van der Waals surface area contributed by atoms with Crippen LogP contribution in [-0.2, 0) is 4.79 Å². The summed E-state index contributed by atoms with van der Waals surface area (Å²) >= 11 is 8.42. The van der Waals surface area contributed by atoms with Crippen LogP contribution < -0.4 is 5.32 Å². The van der Waals surface area contributed by atoms with Gasteiger partial charge in [0, 0.05) is 12.4 Å². The molecule has 0 aliphatic rings. The molecular weight excluding hydrogens is 216 g/mol. The Morgan fingerprint density at radius 1 is 1.92 bits per heavy atom. The van der Waals surface area contributed by atoms with Gasteiger partial charge in [-0.1, -0.05) is 23.4 Å². The van der Waals surface area contributed by atoms with Crippen LogP contribution in [0.3, 0.4) is 0 Å². The number of aromatic nitrogens is 1. The van der Waals surface area contributed by atoms with Gasteiger partial charge in [-0.25, -0.2) is 4.98 Å². The molecule has 0 saturated carbocycles. The lowest BCUT2D eigenvalue weighted by Crippen LogP contribution is -2.19. The highest BCUT2D eigenvalue weighted by atomic mass is 35.5. The highest BCUT2D eigenvalue weighted by Gasteiger charge is 2.03. The Balaban J connectivity index is 2.38. The molecule has 12 heavy (non-hydrogen) atoms. The van der Waals surface area contributed by atoms with Crippen molar-refractivity contribution in [2.75, 3.05) is 12.8 Å². The number of halogens is 1. The van der Waals surface area contributed by atoms with E-state index in [-0.39, 0.29) is 5.91 Å². The van der Waals surface area contributed by atoms with E-state index >= 15 is 0 Å². The standard InChI is InChI=1S/C6H7ClN2OS2/c1-8-5(10)3-12-6-9-4(7)2-11-6/h2H,3H2,1H3,(H,8,10). The molecule has 0 spiro atoms. The van der Waals surface area contributed by atoms with E-state index in [4.69, 9.17) is 11.6 Å². The minimum atomic E-state index is -0.00803. The first-order valence-electron chi connectivity index (χ1n) is 3.17. The number of hydrogen-bond donors (Lipinski definition) is 1. The largest absolute Gasteiger partial charge is 0.358 e. The zero-order chi connectivity index (χ0) is 8.97. The molecule has 0 unspecified atom stereocenters. The second-order valence-electron chi connectivity index (χ2n) is 1.90. The number of hydrogen-bond acceptors (Lipinski definition) is 4. The van der Waals surface area contributed by atoms with E-state index in [1.165, 1.54) is 23.1 Å². The summed E-state index contributed by atoms with van der Waals surface area (Å²) in [5.74, 6) is 0.381. The number of thiazole rings is 1. The molecule has 66 valence electrons. The van der Waals surface area contributed by atoms with E-state index in [0.29, 0.717) is 10.9 Å². The van der Waals surface area contributed by atoms with Gasteiger partial charge in [0.15, 0.2) is 4.34 Å². The van der Waals surface area contributed by atoms with Gasteiger partial charge in [-0.2, -0.15) is 0 Å². The lowest BCUT2D eigenvalue weighted by atomic mass is 10.7. The summed E-state index contributed by atoms with van der Waals surface area (Å²) in [6.07, 6.45) is 0. The van der Waals surface area contributed by atoms with Crippen LogP contribution in [0, 0.1) is 0 Å². The van der Waals surface area contributed by atoms with Crippen LogP contribution in [0.15, 0.2) is 9.72 Å². The van der Waals surface area contributed by atoms with Crippen LogP contribution in [0.5, 0.6) is 0 Å². The Hall–Kier alpha value is -0.260. The average Bonchev–Trinajstić information content (AvgIpc) is 2.47. The van der Waals surface area contributed by atoms with Crippen LogP contribution in [-0.4, -0.2) is 23.7 Å². The molecule has 1 amide bonds. The van der Waals surface area contributed by atoms with Crippen molar-refractivity contribution in [2.45, 2.75) is 4.34 Å². The minimum Gasteiger partial charge on any atom is -0.358 e. The zero-order valence-electron chi connectivity index (χ0n) is 6.33. The first kappa shape index (κ1) is 9.83. The summed E-state index contributed by atoms with van der Waals surface area (Å²) in [4.78, 5) is 14.8. The van der Waals surface area contributed by atoms with Crippen LogP contribution in [0.25, 0.3) is 0 Å². The van der Waals surface area contributed by atoms with E-state index < -0.39 is 0 Å².